The third-order valence-electron chi connectivity index (χ3n) is 8.22. The topological polar surface area (TPSA) is 109 Å². The summed E-state index contributed by atoms with van der Waals surface area (Å²) in [4.78, 5) is 35.6. The van der Waals surface area contributed by atoms with Gasteiger partial charge in [-0.15, -0.1) is 0 Å². The Kier molecular flexibility index (Phi) is 9.03. The molecule has 0 amide bonds. The largest absolute Gasteiger partial charge is 1.00 e. The fourth-order valence-corrected chi connectivity index (χ4v) is 8.45. The van der Waals surface area contributed by atoms with E-state index in [2.05, 4.69) is 9.97 Å². The minimum atomic E-state index is -0.0129. The van der Waals surface area contributed by atoms with E-state index in [1.807, 2.05) is 24.3 Å². The summed E-state index contributed by atoms with van der Waals surface area (Å²) in [5.41, 5.74) is 2.93. The van der Waals surface area contributed by atoms with Crippen LogP contribution >= 0.6 is 116 Å². The average Bonchev–Trinajstić information content (AvgIpc) is 3.84. The molecule has 2 aliphatic rings. The number of halogens is 10. The molecule has 4 aromatic carbocycles. The van der Waals surface area contributed by atoms with Gasteiger partial charge < -0.3 is 9.97 Å². The monoisotopic (exact) mass is 917 g/mol. The van der Waals surface area contributed by atoms with Crippen LogP contribution in [0, 0.1) is 0 Å². The first-order valence-electron chi connectivity index (χ1n) is 14.1. The van der Waals surface area contributed by atoms with Crippen molar-refractivity contribution in [1.29, 1.82) is 0 Å². The quantitative estimate of drug-likeness (QED) is 0.0891. The first kappa shape index (κ1) is 35.7. The van der Waals surface area contributed by atoms with Gasteiger partial charge in [-0.3, -0.25) is 0 Å². The summed E-state index contributed by atoms with van der Waals surface area (Å²) in [5.74, 6) is 0.797. The van der Waals surface area contributed by atoms with Gasteiger partial charge in [0.15, 0.2) is 23.3 Å². The van der Waals surface area contributed by atoms with E-state index in [1.54, 1.807) is 12.1 Å². The Bertz CT molecular complexity index is 2910. The number of aromatic nitrogens is 8. The van der Waals surface area contributed by atoms with Gasteiger partial charge in [-0.05, 0) is 12.1 Å². The van der Waals surface area contributed by atoms with Gasteiger partial charge in [0.2, 0.25) is 0 Å². The standard InChI is InChI=1S/C32H8Cl10N8.Cu/c33-10-6-5-9-11(16(10)34)28-46-27(9)44-25-7-3-1-2-4-8(7)26(43-25)45-29-12-13(18(36)22(40)21(39)17(12)35)31(48-29)50-32-15-14(30(47-28)49-32)19(37)23(41)24(42)20(15)38;/h1-6H,(H2,43,44,45,46,47,48,49,50);/q;+1. The summed E-state index contributed by atoms with van der Waals surface area (Å²) < 4.78 is 0. The van der Waals surface area contributed by atoms with Crippen LogP contribution in [0.25, 0.3) is 89.7 Å². The maximum Gasteiger partial charge on any atom is 1.00 e. The molecule has 0 saturated carbocycles. The van der Waals surface area contributed by atoms with Crippen molar-refractivity contribution < 1.29 is 17.1 Å². The summed E-state index contributed by atoms with van der Waals surface area (Å²) in [5, 5.41) is 2.44. The molecule has 0 aliphatic carbocycles. The van der Waals surface area contributed by atoms with Crippen LogP contribution in [0.4, 0.5) is 0 Å². The van der Waals surface area contributed by atoms with Gasteiger partial charge in [-0.25, -0.2) is 29.9 Å². The van der Waals surface area contributed by atoms with Gasteiger partial charge in [0.1, 0.15) is 22.6 Å². The SMILES string of the molecule is Clc1ccc2c3nc4nc(nc5[nH]c(nc6nc(nc([nH]3)c2c1Cl)-c1c(Cl)c(Cl)c(Cl)c(Cl)c1-6)c1c(Cl)c(Cl)c(Cl)c(Cl)c51)-c1ccccc1-4.[Cu+]. The Morgan fingerprint density at radius 3 is 1.31 bits per heavy atom. The number of nitrogens with zero attached hydrogens (tertiary/aromatic N) is 6. The van der Waals surface area contributed by atoms with Crippen LogP contribution < -0.4 is 0 Å². The van der Waals surface area contributed by atoms with Crippen LogP contribution in [0.3, 0.4) is 0 Å². The Hall–Kier alpha value is -2.34. The van der Waals surface area contributed by atoms with E-state index >= 15 is 0 Å². The summed E-state index contributed by atoms with van der Waals surface area (Å²) in [6.07, 6.45) is 0. The van der Waals surface area contributed by atoms with Crippen molar-refractivity contribution in [2.24, 2.45) is 0 Å². The van der Waals surface area contributed by atoms with Crippen LogP contribution in [-0.4, -0.2) is 39.9 Å². The minimum absolute atomic E-state index is 0. The van der Waals surface area contributed by atoms with Gasteiger partial charge in [0.25, 0.3) is 0 Å². The molecule has 0 radical (unpaired) electrons. The molecule has 256 valence electrons. The molecule has 8 bridgehead atoms. The van der Waals surface area contributed by atoms with Crippen molar-refractivity contribution in [3.63, 3.8) is 0 Å². The molecule has 2 N–H and O–H groups in total. The molecule has 0 spiro atoms. The number of hydrogen-bond acceptors (Lipinski definition) is 6. The van der Waals surface area contributed by atoms with Crippen LogP contribution in [0.2, 0.25) is 50.2 Å². The zero-order chi connectivity index (χ0) is 34.9. The maximum absolute atomic E-state index is 6.83. The fourth-order valence-electron chi connectivity index (χ4n) is 5.99. The van der Waals surface area contributed by atoms with Crippen LogP contribution in [0.1, 0.15) is 0 Å². The summed E-state index contributed by atoms with van der Waals surface area (Å²) in [6.45, 7) is 0. The van der Waals surface area contributed by atoms with Crippen LogP contribution in [-0.2, 0) is 17.1 Å². The zero-order valence-corrected chi connectivity index (χ0v) is 32.7. The molecular formula is C32H8Cl10CuN8+. The molecule has 2 aliphatic heterocycles. The van der Waals surface area contributed by atoms with Gasteiger partial charge in [0, 0.05) is 21.9 Å². The number of nitrogens with one attached hydrogen (secondary N) is 2. The molecule has 0 atom stereocenters. The molecule has 7 aromatic rings. The predicted octanol–water partition coefficient (Wildman–Crippen LogP) is 13.4. The molecular weight excluding hydrogens is 914 g/mol. The van der Waals surface area contributed by atoms with E-state index < -0.39 is 0 Å². The second-order valence-electron chi connectivity index (χ2n) is 11.0. The number of rotatable bonds is 0. The van der Waals surface area contributed by atoms with Gasteiger partial charge in [0.05, 0.1) is 72.1 Å². The number of hydrogen-bond donors (Lipinski definition) is 2. The Morgan fingerprint density at radius 1 is 0.373 bits per heavy atom. The number of benzene rings is 4. The second kappa shape index (κ2) is 12.9. The number of aromatic amines is 2. The summed E-state index contributed by atoms with van der Waals surface area (Å²) >= 11 is 66.8. The van der Waals surface area contributed by atoms with Crippen LogP contribution in [0.5, 0.6) is 0 Å². The van der Waals surface area contributed by atoms with Crippen molar-refractivity contribution in [2.75, 3.05) is 0 Å². The molecule has 9 rings (SSSR count). The van der Waals surface area contributed by atoms with E-state index in [1.165, 1.54) is 0 Å². The molecule has 8 nitrogen and oxygen atoms in total. The third kappa shape index (κ3) is 5.24. The zero-order valence-electron chi connectivity index (χ0n) is 24.2. The second-order valence-corrected chi connectivity index (χ2v) is 14.8. The average molecular weight is 923 g/mol. The normalized spacial score (nSPS) is 12.0. The van der Waals surface area contributed by atoms with Crippen LogP contribution in [0.15, 0.2) is 36.4 Å². The maximum atomic E-state index is 6.83. The molecule has 0 fully saturated rings. The van der Waals surface area contributed by atoms with Gasteiger partial charge in [-0.1, -0.05) is 140 Å². The number of fused-ring (bicyclic) bond motifs is 20. The number of H-pyrrole nitrogens is 2. The van der Waals surface area contributed by atoms with Crippen molar-refractivity contribution in [3.8, 4) is 45.6 Å². The van der Waals surface area contributed by atoms with Crippen molar-refractivity contribution >= 4 is 160 Å². The van der Waals surface area contributed by atoms with E-state index in [0.29, 0.717) is 55.0 Å². The molecule has 0 saturated heterocycles. The predicted molar refractivity (Wildman–Crippen MR) is 206 cm³/mol. The van der Waals surface area contributed by atoms with E-state index in [9.17, 15) is 0 Å². The van der Waals surface area contributed by atoms with Gasteiger partial charge in [-0.2, -0.15) is 0 Å². The summed E-state index contributed by atoms with van der Waals surface area (Å²) in [7, 11) is 0. The van der Waals surface area contributed by atoms with E-state index in [-0.39, 0.29) is 102 Å². The fraction of sp³-hybridized carbons (Fsp3) is 0. The van der Waals surface area contributed by atoms with Gasteiger partial charge >= 0.3 is 17.1 Å². The minimum Gasteiger partial charge on any atom is -0.324 e. The summed E-state index contributed by atoms with van der Waals surface area (Å²) in [6, 6.07) is 10.9. The molecule has 51 heavy (non-hydrogen) atoms. The van der Waals surface area contributed by atoms with E-state index in [0.717, 1.165) is 0 Å². The Balaban J connectivity index is 0.00000374. The Labute approximate surface area is 346 Å². The van der Waals surface area contributed by atoms with Crippen molar-refractivity contribution in [3.05, 3.63) is 86.6 Å². The smallest absolute Gasteiger partial charge is 0.324 e. The van der Waals surface area contributed by atoms with Crippen molar-refractivity contribution in [1.82, 2.24) is 39.9 Å². The molecule has 0 unspecified atom stereocenters. The first-order valence-corrected chi connectivity index (χ1v) is 17.8. The van der Waals surface area contributed by atoms with Crippen molar-refractivity contribution in [2.45, 2.75) is 0 Å². The third-order valence-corrected chi connectivity index (χ3v) is 12.6. The Morgan fingerprint density at radius 2 is 0.784 bits per heavy atom. The molecule has 5 heterocycles. The molecule has 19 heteroatoms. The first-order chi connectivity index (χ1) is 23.9. The molecule has 3 aromatic heterocycles. The van der Waals surface area contributed by atoms with E-state index in [4.69, 9.17) is 146 Å².